The molecule has 0 aliphatic carbocycles. The smallest absolute Gasteiger partial charge is 0.254 e. The van der Waals surface area contributed by atoms with Gasteiger partial charge >= 0.3 is 0 Å². The standard InChI is InChI=1S/C22H24N4O4S/c1-3-30-18-11-9-17(10-12-18)23-20(28)13-19-21(29)25(14-16-7-5-4-6-8-16)22(31)26(19)24-15(2)27/h4-12,19H,3,13-14H2,1-2H3,(H,23,28)(H,24,27). The summed E-state index contributed by atoms with van der Waals surface area (Å²) >= 11 is 5.43. The Morgan fingerprint density at radius 3 is 2.39 bits per heavy atom. The van der Waals surface area contributed by atoms with Crippen molar-refractivity contribution in [2.75, 3.05) is 11.9 Å². The lowest BCUT2D eigenvalue weighted by molar-refractivity contribution is -0.132. The molecule has 1 heterocycles. The minimum absolute atomic E-state index is 0.155. The summed E-state index contributed by atoms with van der Waals surface area (Å²) in [5.74, 6) is -0.398. The van der Waals surface area contributed by atoms with Crippen molar-refractivity contribution in [2.45, 2.75) is 32.9 Å². The van der Waals surface area contributed by atoms with E-state index in [9.17, 15) is 14.4 Å². The number of hydrogen-bond donors (Lipinski definition) is 2. The molecule has 1 saturated heterocycles. The van der Waals surface area contributed by atoms with Crippen molar-refractivity contribution < 1.29 is 19.1 Å². The van der Waals surface area contributed by atoms with Gasteiger partial charge in [-0.1, -0.05) is 30.3 Å². The zero-order valence-corrected chi connectivity index (χ0v) is 18.1. The monoisotopic (exact) mass is 440 g/mol. The van der Waals surface area contributed by atoms with Crippen LogP contribution < -0.4 is 15.5 Å². The van der Waals surface area contributed by atoms with Gasteiger partial charge in [-0.25, -0.2) is 5.01 Å². The Labute approximate surface area is 186 Å². The van der Waals surface area contributed by atoms with E-state index in [4.69, 9.17) is 17.0 Å². The third-order valence-corrected chi connectivity index (χ3v) is 5.01. The second-order valence-electron chi connectivity index (χ2n) is 6.96. The fourth-order valence-electron chi connectivity index (χ4n) is 3.22. The van der Waals surface area contributed by atoms with Crippen LogP contribution in [0.25, 0.3) is 0 Å². The maximum Gasteiger partial charge on any atom is 0.254 e. The Morgan fingerprint density at radius 1 is 1.10 bits per heavy atom. The van der Waals surface area contributed by atoms with Gasteiger partial charge in [0, 0.05) is 12.6 Å². The van der Waals surface area contributed by atoms with Crippen LogP contribution in [0.2, 0.25) is 0 Å². The molecule has 1 unspecified atom stereocenters. The van der Waals surface area contributed by atoms with Crippen LogP contribution in [0.3, 0.4) is 0 Å². The summed E-state index contributed by atoms with van der Waals surface area (Å²) in [7, 11) is 0. The van der Waals surface area contributed by atoms with Crippen molar-refractivity contribution in [3.63, 3.8) is 0 Å². The topological polar surface area (TPSA) is 91.0 Å². The number of ether oxygens (including phenoxy) is 1. The fraction of sp³-hybridized carbons (Fsp3) is 0.273. The van der Waals surface area contributed by atoms with Crippen molar-refractivity contribution in [2.24, 2.45) is 0 Å². The van der Waals surface area contributed by atoms with E-state index in [1.54, 1.807) is 24.3 Å². The van der Waals surface area contributed by atoms with Crippen LogP contribution in [0.1, 0.15) is 25.8 Å². The lowest BCUT2D eigenvalue weighted by atomic mass is 10.1. The third-order valence-electron chi connectivity index (χ3n) is 4.59. The van der Waals surface area contributed by atoms with Crippen LogP contribution in [0.4, 0.5) is 5.69 Å². The van der Waals surface area contributed by atoms with Gasteiger partial charge in [0.05, 0.1) is 19.6 Å². The molecule has 0 radical (unpaired) electrons. The number of anilines is 1. The van der Waals surface area contributed by atoms with E-state index in [0.29, 0.717) is 18.0 Å². The number of carbonyl (C=O) groups excluding carboxylic acids is 3. The van der Waals surface area contributed by atoms with Gasteiger partial charge in [0.1, 0.15) is 11.8 Å². The normalized spacial score (nSPS) is 15.7. The van der Waals surface area contributed by atoms with Gasteiger partial charge in [-0.05, 0) is 49.0 Å². The molecule has 162 valence electrons. The first kappa shape index (κ1) is 22.2. The van der Waals surface area contributed by atoms with Crippen LogP contribution in [0.15, 0.2) is 54.6 Å². The average Bonchev–Trinajstić information content (AvgIpc) is 2.94. The van der Waals surface area contributed by atoms with E-state index in [2.05, 4.69) is 10.7 Å². The second-order valence-corrected chi connectivity index (χ2v) is 7.32. The highest BCUT2D eigenvalue weighted by Gasteiger charge is 2.44. The first-order chi connectivity index (χ1) is 14.9. The molecule has 2 aromatic rings. The average molecular weight is 441 g/mol. The molecule has 1 aliphatic rings. The molecule has 0 bridgehead atoms. The quantitative estimate of drug-likeness (QED) is 0.613. The molecule has 2 aromatic carbocycles. The largest absolute Gasteiger partial charge is 0.494 e. The summed E-state index contributed by atoms with van der Waals surface area (Å²) < 4.78 is 5.39. The van der Waals surface area contributed by atoms with E-state index >= 15 is 0 Å². The van der Waals surface area contributed by atoms with Crippen molar-refractivity contribution in [3.8, 4) is 5.75 Å². The van der Waals surface area contributed by atoms with Crippen molar-refractivity contribution in [1.82, 2.24) is 15.3 Å². The van der Waals surface area contributed by atoms with E-state index in [-0.39, 0.29) is 35.8 Å². The molecule has 3 amide bonds. The van der Waals surface area contributed by atoms with Gasteiger partial charge < -0.3 is 10.1 Å². The summed E-state index contributed by atoms with van der Waals surface area (Å²) in [5, 5.41) is 4.21. The number of thiocarbonyl (C=S) groups is 1. The minimum Gasteiger partial charge on any atom is -0.494 e. The second kappa shape index (κ2) is 10.0. The Morgan fingerprint density at radius 2 is 1.77 bits per heavy atom. The lowest BCUT2D eigenvalue weighted by Gasteiger charge is -2.23. The van der Waals surface area contributed by atoms with Crippen LogP contribution >= 0.6 is 12.2 Å². The Bertz CT molecular complexity index is 965. The predicted molar refractivity (Wildman–Crippen MR) is 120 cm³/mol. The molecule has 0 saturated carbocycles. The number of carbonyl (C=O) groups is 3. The summed E-state index contributed by atoms with van der Waals surface area (Å²) in [4.78, 5) is 38.8. The Hall–Kier alpha value is -3.46. The number of hydrogen-bond acceptors (Lipinski definition) is 5. The van der Waals surface area contributed by atoms with E-state index in [0.717, 1.165) is 5.56 Å². The molecule has 2 N–H and O–H groups in total. The molecular weight excluding hydrogens is 416 g/mol. The van der Waals surface area contributed by atoms with Crippen LogP contribution in [-0.4, -0.2) is 45.4 Å². The zero-order chi connectivity index (χ0) is 22.4. The summed E-state index contributed by atoms with van der Waals surface area (Å²) in [6.07, 6.45) is -0.169. The maximum atomic E-state index is 13.1. The van der Waals surface area contributed by atoms with Crippen molar-refractivity contribution >= 4 is 40.7 Å². The van der Waals surface area contributed by atoms with Crippen LogP contribution in [-0.2, 0) is 20.9 Å². The molecule has 1 atom stereocenters. The van der Waals surface area contributed by atoms with Crippen molar-refractivity contribution in [1.29, 1.82) is 0 Å². The number of amides is 3. The SMILES string of the molecule is CCOc1ccc(NC(=O)CC2C(=O)N(Cc3ccccc3)C(=S)N2NC(C)=O)cc1. The highest BCUT2D eigenvalue weighted by Crippen LogP contribution is 2.22. The lowest BCUT2D eigenvalue weighted by Crippen LogP contribution is -2.49. The highest BCUT2D eigenvalue weighted by atomic mass is 32.1. The minimum atomic E-state index is -0.928. The van der Waals surface area contributed by atoms with Gasteiger partial charge in [0.25, 0.3) is 5.91 Å². The van der Waals surface area contributed by atoms with Crippen molar-refractivity contribution in [3.05, 3.63) is 60.2 Å². The molecule has 0 aromatic heterocycles. The third kappa shape index (κ3) is 5.58. The molecular formula is C22H24N4O4S. The van der Waals surface area contributed by atoms with Gasteiger partial charge in [0.15, 0.2) is 5.11 Å². The molecule has 0 spiro atoms. The first-order valence-corrected chi connectivity index (χ1v) is 10.3. The molecule has 31 heavy (non-hydrogen) atoms. The number of benzene rings is 2. The van der Waals surface area contributed by atoms with E-state index in [1.165, 1.54) is 16.8 Å². The summed E-state index contributed by atoms with van der Waals surface area (Å²) in [5.41, 5.74) is 4.04. The zero-order valence-electron chi connectivity index (χ0n) is 17.3. The Balaban J connectivity index is 1.71. The van der Waals surface area contributed by atoms with Gasteiger partial charge in [0.2, 0.25) is 11.8 Å². The van der Waals surface area contributed by atoms with Gasteiger partial charge in [-0.15, -0.1) is 0 Å². The van der Waals surface area contributed by atoms with Gasteiger partial charge in [-0.3, -0.25) is 24.7 Å². The molecule has 3 rings (SSSR count). The number of nitrogens with one attached hydrogen (secondary N) is 2. The summed E-state index contributed by atoms with van der Waals surface area (Å²) in [6.45, 7) is 4.02. The van der Waals surface area contributed by atoms with E-state index < -0.39 is 6.04 Å². The highest BCUT2D eigenvalue weighted by molar-refractivity contribution is 7.80. The Kier molecular flexibility index (Phi) is 7.19. The first-order valence-electron chi connectivity index (χ1n) is 9.87. The molecule has 8 nitrogen and oxygen atoms in total. The number of hydrazine groups is 1. The predicted octanol–water partition coefficient (Wildman–Crippen LogP) is 2.46. The van der Waals surface area contributed by atoms with Crippen LogP contribution in [0.5, 0.6) is 5.75 Å². The molecule has 1 fully saturated rings. The number of nitrogens with zero attached hydrogens (tertiary/aromatic N) is 2. The van der Waals surface area contributed by atoms with Crippen LogP contribution in [0, 0.1) is 0 Å². The molecule has 9 heteroatoms. The fourth-order valence-corrected chi connectivity index (χ4v) is 3.55. The number of rotatable bonds is 8. The summed E-state index contributed by atoms with van der Waals surface area (Å²) in [6, 6.07) is 15.4. The van der Waals surface area contributed by atoms with Gasteiger partial charge in [-0.2, -0.15) is 0 Å². The van der Waals surface area contributed by atoms with E-state index in [1.807, 2.05) is 37.3 Å². The maximum absolute atomic E-state index is 13.1. The molecule has 1 aliphatic heterocycles.